The second-order valence-corrected chi connectivity index (χ2v) is 5.12. The van der Waals surface area contributed by atoms with E-state index in [1.165, 1.54) is 0 Å². The summed E-state index contributed by atoms with van der Waals surface area (Å²) in [5.41, 5.74) is 0. The SMILES string of the molecule is CC(=O)N1CCC(NC(C)c2ccc(C)o2)CC1. The molecule has 1 N–H and O–H groups in total. The second kappa shape index (κ2) is 5.57. The van der Waals surface area contributed by atoms with Gasteiger partial charge in [0.1, 0.15) is 11.5 Å². The van der Waals surface area contributed by atoms with Crippen LogP contribution in [0, 0.1) is 6.92 Å². The summed E-state index contributed by atoms with van der Waals surface area (Å²) in [6, 6.07) is 4.72. The molecule has 100 valence electrons. The Hall–Kier alpha value is -1.29. The van der Waals surface area contributed by atoms with Gasteiger partial charge in [-0.25, -0.2) is 0 Å². The number of aryl methyl sites for hydroxylation is 1. The molecule has 0 spiro atoms. The van der Waals surface area contributed by atoms with Gasteiger partial charge in [0.15, 0.2) is 0 Å². The monoisotopic (exact) mass is 250 g/mol. The maximum atomic E-state index is 11.2. The molecule has 1 aromatic heterocycles. The van der Waals surface area contributed by atoms with E-state index < -0.39 is 0 Å². The molecule has 1 unspecified atom stereocenters. The third-order valence-electron chi connectivity index (χ3n) is 3.61. The molecule has 4 heteroatoms. The summed E-state index contributed by atoms with van der Waals surface area (Å²) in [5.74, 6) is 2.12. The molecule has 2 heterocycles. The Balaban J connectivity index is 1.83. The fourth-order valence-electron chi connectivity index (χ4n) is 2.48. The van der Waals surface area contributed by atoms with Gasteiger partial charge in [-0.05, 0) is 38.8 Å². The summed E-state index contributed by atoms with van der Waals surface area (Å²) in [5, 5.41) is 3.58. The van der Waals surface area contributed by atoms with Gasteiger partial charge in [0, 0.05) is 26.1 Å². The van der Waals surface area contributed by atoms with Crippen LogP contribution in [0.2, 0.25) is 0 Å². The first-order valence-corrected chi connectivity index (χ1v) is 6.64. The molecular weight excluding hydrogens is 228 g/mol. The number of furan rings is 1. The highest BCUT2D eigenvalue weighted by Crippen LogP contribution is 2.19. The maximum absolute atomic E-state index is 11.2. The third-order valence-corrected chi connectivity index (χ3v) is 3.61. The minimum Gasteiger partial charge on any atom is -0.465 e. The highest BCUT2D eigenvalue weighted by Gasteiger charge is 2.22. The highest BCUT2D eigenvalue weighted by atomic mass is 16.3. The van der Waals surface area contributed by atoms with E-state index in [4.69, 9.17) is 4.42 Å². The van der Waals surface area contributed by atoms with Crippen LogP contribution in [0.3, 0.4) is 0 Å². The molecule has 1 aliphatic rings. The fourth-order valence-corrected chi connectivity index (χ4v) is 2.48. The fraction of sp³-hybridized carbons (Fsp3) is 0.643. The lowest BCUT2D eigenvalue weighted by molar-refractivity contribution is -0.129. The van der Waals surface area contributed by atoms with Gasteiger partial charge in [-0.1, -0.05) is 0 Å². The lowest BCUT2D eigenvalue weighted by Crippen LogP contribution is -2.44. The summed E-state index contributed by atoms with van der Waals surface area (Å²) in [4.78, 5) is 13.2. The number of piperidine rings is 1. The molecule has 0 saturated carbocycles. The van der Waals surface area contributed by atoms with E-state index in [9.17, 15) is 4.79 Å². The lowest BCUT2D eigenvalue weighted by atomic mass is 10.0. The first-order chi connectivity index (χ1) is 8.56. The number of carbonyl (C=O) groups is 1. The van der Waals surface area contributed by atoms with Gasteiger partial charge in [-0.3, -0.25) is 4.79 Å². The Morgan fingerprint density at radius 3 is 2.61 bits per heavy atom. The summed E-state index contributed by atoms with van der Waals surface area (Å²) in [7, 11) is 0. The Morgan fingerprint density at radius 2 is 2.11 bits per heavy atom. The van der Waals surface area contributed by atoms with E-state index in [1.54, 1.807) is 6.92 Å². The molecule has 1 atom stereocenters. The minimum absolute atomic E-state index is 0.183. The second-order valence-electron chi connectivity index (χ2n) is 5.12. The highest BCUT2D eigenvalue weighted by molar-refractivity contribution is 5.73. The van der Waals surface area contributed by atoms with Gasteiger partial charge >= 0.3 is 0 Å². The van der Waals surface area contributed by atoms with Gasteiger partial charge < -0.3 is 14.6 Å². The van der Waals surface area contributed by atoms with E-state index in [2.05, 4.69) is 12.2 Å². The van der Waals surface area contributed by atoms with Crippen molar-refractivity contribution in [2.75, 3.05) is 13.1 Å². The molecular formula is C14H22N2O2. The zero-order valence-electron chi connectivity index (χ0n) is 11.4. The maximum Gasteiger partial charge on any atom is 0.219 e. The first kappa shape index (κ1) is 13.1. The molecule has 1 fully saturated rings. The largest absolute Gasteiger partial charge is 0.465 e. The summed E-state index contributed by atoms with van der Waals surface area (Å²) in [6.45, 7) is 7.44. The van der Waals surface area contributed by atoms with Crippen molar-refractivity contribution in [3.8, 4) is 0 Å². The Kier molecular flexibility index (Phi) is 4.07. The zero-order chi connectivity index (χ0) is 13.1. The zero-order valence-corrected chi connectivity index (χ0v) is 11.4. The average Bonchev–Trinajstić information content (AvgIpc) is 2.76. The van der Waals surface area contributed by atoms with Crippen LogP contribution < -0.4 is 5.32 Å². The van der Waals surface area contributed by atoms with Crippen LogP contribution >= 0.6 is 0 Å². The molecule has 0 aliphatic carbocycles. The van der Waals surface area contributed by atoms with Crippen molar-refractivity contribution in [3.63, 3.8) is 0 Å². The van der Waals surface area contributed by atoms with Crippen molar-refractivity contribution in [2.45, 2.75) is 45.7 Å². The van der Waals surface area contributed by atoms with E-state index in [-0.39, 0.29) is 11.9 Å². The van der Waals surface area contributed by atoms with Crippen LogP contribution in [0.5, 0.6) is 0 Å². The number of carbonyl (C=O) groups excluding carboxylic acids is 1. The van der Waals surface area contributed by atoms with Crippen molar-refractivity contribution in [1.29, 1.82) is 0 Å². The van der Waals surface area contributed by atoms with Crippen molar-refractivity contribution in [1.82, 2.24) is 10.2 Å². The van der Waals surface area contributed by atoms with Crippen molar-refractivity contribution < 1.29 is 9.21 Å². The van der Waals surface area contributed by atoms with Gasteiger partial charge in [-0.2, -0.15) is 0 Å². The molecule has 18 heavy (non-hydrogen) atoms. The predicted octanol–water partition coefficient (Wildman–Crippen LogP) is 2.25. The number of likely N-dealkylation sites (tertiary alicyclic amines) is 1. The minimum atomic E-state index is 0.183. The summed E-state index contributed by atoms with van der Waals surface area (Å²) < 4.78 is 5.62. The molecule has 1 amide bonds. The van der Waals surface area contributed by atoms with Gasteiger partial charge in [0.2, 0.25) is 5.91 Å². The third kappa shape index (κ3) is 3.13. The summed E-state index contributed by atoms with van der Waals surface area (Å²) >= 11 is 0. The number of hydrogen-bond donors (Lipinski definition) is 1. The van der Waals surface area contributed by atoms with E-state index >= 15 is 0 Å². The molecule has 0 bridgehead atoms. The number of amides is 1. The number of hydrogen-bond acceptors (Lipinski definition) is 3. The molecule has 0 aromatic carbocycles. The van der Waals surface area contributed by atoms with E-state index in [0.29, 0.717) is 6.04 Å². The predicted molar refractivity (Wildman–Crippen MR) is 70.3 cm³/mol. The van der Waals surface area contributed by atoms with Crippen LogP contribution in [0.25, 0.3) is 0 Å². The number of nitrogens with zero attached hydrogens (tertiary/aromatic N) is 1. The topological polar surface area (TPSA) is 45.5 Å². The van der Waals surface area contributed by atoms with Crippen LogP contribution in [-0.4, -0.2) is 29.9 Å². The van der Waals surface area contributed by atoms with Crippen LogP contribution in [0.4, 0.5) is 0 Å². The molecule has 4 nitrogen and oxygen atoms in total. The van der Waals surface area contributed by atoms with Gasteiger partial charge in [-0.15, -0.1) is 0 Å². The van der Waals surface area contributed by atoms with Crippen LogP contribution in [0.1, 0.15) is 44.3 Å². The van der Waals surface area contributed by atoms with Gasteiger partial charge in [0.25, 0.3) is 0 Å². The molecule has 0 radical (unpaired) electrons. The Bertz CT molecular complexity index is 406. The Labute approximate surface area is 108 Å². The van der Waals surface area contributed by atoms with Crippen molar-refractivity contribution in [3.05, 3.63) is 23.7 Å². The van der Waals surface area contributed by atoms with Crippen molar-refractivity contribution in [2.24, 2.45) is 0 Å². The average molecular weight is 250 g/mol. The molecule has 2 rings (SSSR count). The number of nitrogens with one attached hydrogen (secondary N) is 1. The van der Waals surface area contributed by atoms with E-state index in [0.717, 1.165) is 37.5 Å². The normalized spacial score (nSPS) is 18.9. The van der Waals surface area contributed by atoms with Crippen LogP contribution in [-0.2, 0) is 4.79 Å². The lowest BCUT2D eigenvalue weighted by Gasteiger charge is -2.33. The van der Waals surface area contributed by atoms with Crippen molar-refractivity contribution >= 4 is 5.91 Å². The smallest absolute Gasteiger partial charge is 0.219 e. The quantitative estimate of drug-likeness (QED) is 0.895. The van der Waals surface area contributed by atoms with Crippen LogP contribution in [0.15, 0.2) is 16.5 Å². The van der Waals surface area contributed by atoms with Gasteiger partial charge in [0.05, 0.1) is 6.04 Å². The molecule has 1 aliphatic heterocycles. The Morgan fingerprint density at radius 1 is 1.44 bits per heavy atom. The summed E-state index contributed by atoms with van der Waals surface area (Å²) in [6.07, 6.45) is 2.03. The number of rotatable bonds is 3. The molecule has 1 saturated heterocycles. The van der Waals surface area contributed by atoms with E-state index in [1.807, 2.05) is 24.0 Å². The molecule has 1 aromatic rings. The standard InChI is InChI=1S/C14H22N2O2/c1-10-4-5-14(18-10)11(2)15-13-6-8-16(9-7-13)12(3)17/h4-5,11,13,15H,6-9H2,1-3H3. The first-order valence-electron chi connectivity index (χ1n) is 6.64.